The summed E-state index contributed by atoms with van der Waals surface area (Å²) in [5.41, 5.74) is 1.63. The van der Waals surface area contributed by atoms with E-state index < -0.39 is 10.7 Å². The molecule has 1 spiro atoms. The van der Waals surface area contributed by atoms with Gasteiger partial charge in [-0.05, 0) is 50.2 Å². The van der Waals surface area contributed by atoms with Crippen molar-refractivity contribution in [3.63, 3.8) is 0 Å². The van der Waals surface area contributed by atoms with Crippen LogP contribution >= 0.6 is 11.8 Å². The second-order valence-electron chi connectivity index (χ2n) is 5.57. The van der Waals surface area contributed by atoms with Gasteiger partial charge in [0, 0.05) is 4.90 Å². The van der Waals surface area contributed by atoms with Gasteiger partial charge in [0.25, 0.3) is 0 Å². The fourth-order valence-electron chi connectivity index (χ4n) is 2.79. The van der Waals surface area contributed by atoms with Crippen molar-refractivity contribution in [1.29, 1.82) is 0 Å². The third-order valence-electron chi connectivity index (χ3n) is 4.00. The van der Waals surface area contributed by atoms with Gasteiger partial charge in [0.05, 0.1) is 0 Å². The lowest BCUT2D eigenvalue weighted by Gasteiger charge is -2.44. The topological polar surface area (TPSA) is 37.3 Å². The van der Waals surface area contributed by atoms with Gasteiger partial charge in [-0.3, -0.25) is 4.79 Å². The summed E-state index contributed by atoms with van der Waals surface area (Å²) in [5.74, 6) is -0.638. The summed E-state index contributed by atoms with van der Waals surface area (Å²) in [6.07, 6.45) is 4.18. The smallest absolute Gasteiger partial charge is 0.320 e. The number of hydrogen-bond acceptors (Lipinski definition) is 2. The standard InChI is InChI=1S/C14H16O2S/c1-10-2-4-11(5-3-10)17-14(12(15)16)8-13(9-14)6-7-13/h2-5H,6-9H2,1H3,(H,15,16). The van der Waals surface area contributed by atoms with Crippen molar-refractivity contribution in [2.24, 2.45) is 5.41 Å². The minimum atomic E-state index is -0.638. The van der Waals surface area contributed by atoms with Gasteiger partial charge in [0.2, 0.25) is 0 Å². The summed E-state index contributed by atoms with van der Waals surface area (Å²) < 4.78 is -0.550. The van der Waals surface area contributed by atoms with Crippen LogP contribution in [0, 0.1) is 12.3 Å². The molecule has 0 amide bonds. The van der Waals surface area contributed by atoms with Gasteiger partial charge in [-0.2, -0.15) is 0 Å². The molecule has 2 aliphatic carbocycles. The Kier molecular flexibility index (Phi) is 2.31. The Morgan fingerprint density at radius 3 is 2.29 bits per heavy atom. The van der Waals surface area contributed by atoms with Crippen LogP contribution in [-0.4, -0.2) is 15.8 Å². The van der Waals surface area contributed by atoms with Crippen LogP contribution in [-0.2, 0) is 4.79 Å². The zero-order valence-corrected chi connectivity index (χ0v) is 10.7. The molecular weight excluding hydrogens is 232 g/mol. The zero-order valence-electron chi connectivity index (χ0n) is 9.90. The van der Waals surface area contributed by atoms with E-state index in [-0.39, 0.29) is 0 Å². The van der Waals surface area contributed by atoms with Crippen molar-refractivity contribution in [2.45, 2.75) is 42.2 Å². The van der Waals surface area contributed by atoms with Crippen LogP contribution in [0.2, 0.25) is 0 Å². The first-order chi connectivity index (χ1) is 8.04. The number of hydrogen-bond donors (Lipinski definition) is 1. The number of aliphatic carboxylic acids is 1. The number of benzene rings is 1. The summed E-state index contributed by atoms with van der Waals surface area (Å²) in [6, 6.07) is 8.15. The average Bonchev–Trinajstić information content (AvgIpc) is 3.00. The van der Waals surface area contributed by atoms with Crippen molar-refractivity contribution in [2.75, 3.05) is 0 Å². The summed E-state index contributed by atoms with van der Waals surface area (Å²) in [4.78, 5) is 12.5. The molecule has 3 heteroatoms. The van der Waals surface area contributed by atoms with Crippen LogP contribution in [0.1, 0.15) is 31.2 Å². The van der Waals surface area contributed by atoms with Crippen LogP contribution in [0.4, 0.5) is 0 Å². The average molecular weight is 248 g/mol. The molecule has 0 atom stereocenters. The molecule has 0 heterocycles. The lowest BCUT2D eigenvalue weighted by Crippen LogP contribution is -2.48. The summed E-state index contributed by atoms with van der Waals surface area (Å²) in [6.45, 7) is 2.05. The van der Waals surface area contributed by atoms with E-state index in [0.717, 1.165) is 17.7 Å². The minimum Gasteiger partial charge on any atom is -0.480 e. The van der Waals surface area contributed by atoms with Gasteiger partial charge in [0.15, 0.2) is 0 Å². The van der Waals surface area contributed by atoms with Gasteiger partial charge in [-0.15, -0.1) is 11.8 Å². The molecule has 0 aliphatic heterocycles. The van der Waals surface area contributed by atoms with Crippen molar-refractivity contribution in [3.8, 4) is 0 Å². The molecule has 0 unspecified atom stereocenters. The fourth-order valence-corrected chi connectivity index (χ4v) is 4.36. The molecule has 1 aromatic carbocycles. The Morgan fingerprint density at radius 1 is 1.24 bits per heavy atom. The highest BCUT2D eigenvalue weighted by Crippen LogP contribution is 2.69. The van der Waals surface area contributed by atoms with E-state index in [1.54, 1.807) is 0 Å². The highest BCUT2D eigenvalue weighted by atomic mass is 32.2. The lowest BCUT2D eigenvalue weighted by molar-refractivity contribution is -0.144. The van der Waals surface area contributed by atoms with Crippen molar-refractivity contribution in [1.82, 2.24) is 0 Å². The molecule has 17 heavy (non-hydrogen) atoms. The third kappa shape index (κ3) is 1.86. The maximum atomic E-state index is 11.5. The quantitative estimate of drug-likeness (QED) is 0.889. The summed E-state index contributed by atoms with van der Waals surface area (Å²) in [7, 11) is 0. The second-order valence-corrected chi connectivity index (χ2v) is 7.03. The van der Waals surface area contributed by atoms with E-state index in [9.17, 15) is 9.90 Å². The van der Waals surface area contributed by atoms with E-state index >= 15 is 0 Å². The van der Waals surface area contributed by atoms with Crippen LogP contribution < -0.4 is 0 Å². The summed E-state index contributed by atoms with van der Waals surface area (Å²) >= 11 is 1.54. The maximum absolute atomic E-state index is 11.5. The van der Waals surface area contributed by atoms with Crippen LogP contribution in [0.3, 0.4) is 0 Å². The molecule has 2 nitrogen and oxygen atoms in total. The molecule has 0 saturated heterocycles. The van der Waals surface area contributed by atoms with E-state index in [1.165, 1.54) is 30.2 Å². The van der Waals surface area contributed by atoms with Gasteiger partial charge in [-0.1, -0.05) is 17.7 Å². The van der Waals surface area contributed by atoms with Gasteiger partial charge < -0.3 is 5.11 Å². The predicted octanol–water partition coefficient (Wildman–Crippen LogP) is 3.48. The van der Waals surface area contributed by atoms with E-state index in [2.05, 4.69) is 0 Å². The molecule has 2 aliphatic rings. The first-order valence-electron chi connectivity index (χ1n) is 6.03. The largest absolute Gasteiger partial charge is 0.480 e. The maximum Gasteiger partial charge on any atom is 0.320 e. The molecule has 3 rings (SSSR count). The number of carboxylic acids is 1. The second kappa shape index (κ2) is 3.52. The highest BCUT2D eigenvalue weighted by molar-refractivity contribution is 8.01. The first kappa shape index (κ1) is 11.1. The Labute approximate surface area is 105 Å². The Bertz CT molecular complexity index is 452. The number of rotatable bonds is 3. The van der Waals surface area contributed by atoms with Crippen LogP contribution in [0.15, 0.2) is 29.2 Å². The number of carbonyl (C=O) groups is 1. The number of aryl methyl sites for hydroxylation is 1. The predicted molar refractivity (Wildman–Crippen MR) is 68.3 cm³/mol. The molecular formula is C14H16O2S. The molecule has 1 N–H and O–H groups in total. The SMILES string of the molecule is Cc1ccc(SC2(C(=O)O)CC3(CC3)C2)cc1. The minimum absolute atomic E-state index is 0.413. The van der Waals surface area contributed by atoms with Crippen molar-refractivity contribution in [3.05, 3.63) is 29.8 Å². The van der Waals surface area contributed by atoms with Crippen molar-refractivity contribution >= 4 is 17.7 Å². The van der Waals surface area contributed by atoms with E-state index in [4.69, 9.17) is 0 Å². The molecule has 0 bridgehead atoms. The fraction of sp³-hybridized carbons (Fsp3) is 0.500. The Balaban J connectivity index is 1.77. The monoisotopic (exact) mass is 248 g/mol. The van der Waals surface area contributed by atoms with Gasteiger partial charge in [0.1, 0.15) is 4.75 Å². The number of carboxylic acid groups (broad SMARTS) is 1. The van der Waals surface area contributed by atoms with Crippen molar-refractivity contribution < 1.29 is 9.90 Å². The molecule has 0 radical (unpaired) electrons. The molecule has 2 fully saturated rings. The van der Waals surface area contributed by atoms with Gasteiger partial charge in [-0.25, -0.2) is 0 Å². The van der Waals surface area contributed by atoms with Gasteiger partial charge >= 0.3 is 5.97 Å². The lowest BCUT2D eigenvalue weighted by atomic mass is 9.71. The number of thioether (sulfide) groups is 1. The molecule has 0 aromatic heterocycles. The molecule has 2 saturated carbocycles. The normalized spacial score (nSPS) is 23.1. The third-order valence-corrected chi connectivity index (χ3v) is 5.36. The van der Waals surface area contributed by atoms with E-state index in [0.29, 0.717) is 5.41 Å². The molecule has 1 aromatic rings. The zero-order chi connectivity index (χ0) is 12.1. The van der Waals surface area contributed by atoms with E-state index in [1.807, 2.05) is 31.2 Å². The Morgan fingerprint density at radius 2 is 1.82 bits per heavy atom. The van der Waals surface area contributed by atoms with Crippen LogP contribution in [0.25, 0.3) is 0 Å². The Hall–Kier alpha value is -0.960. The van der Waals surface area contributed by atoms with Crippen LogP contribution in [0.5, 0.6) is 0 Å². The molecule has 90 valence electrons. The summed E-state index contributed by atoms with van der Waals surface area (Å²) in [5, 5.41) is 9.44. The highest BCUT2D eigenvalue weighted by Gasteiger charge is 2.64. The first-order valence-corrected chi connectivity index (χ1v) is 6.85.